The minimum Gasteiger partial charge on any atom is -0.231 e. The Morgan fingerprint density at radius 1 is 1.29 bits per heavy atom. The van der Waals surface area contributed by atoms with Gasteiger partial charge in [0.2, 0.25) is 4.34 Å². The zero-order valence-corrected chi connectivity index (χ0v) is 15.3. The lowest BCUT2D eigenvalue weighted by atomic mass is 10.1. The Morgan fingerprint density at radius 3 is 2.29 bits per heavy atom. The quantitative estimate of drug-likeness (QED) is 0.641. The van der Waals surface area contributed by atoms with Gasteiger partial charge in [-0.05, 0) is 33.6 Å². The summed E-state index contributed by atoms with van der Waals surface area (Å²) in [6.45, 7) is 0.865. The topological polar surface area (TPSA) is 50.3 Å². The monoisotopic (exact) mass is 446 g/mol. The molecule has 0 aliphatic heterocycles. The third-order valence-corrected chi connectivity index (χ3v) is 6.87. The zero-order valence-electron chi connectivity index (χ0n) is 12.1. The van der Waals surface area contributed by atoms with Gasteiger partial charge in [0.1, 0.15) is 11.9 Å². The van der Waals surface area contributed by atoms with Crippen molar-refractivity contribution in [3.63, 3.8) is 0 Å². The third-order valence-electron chi connectivity index (χ3n) is 3.08. The van der Waals surface area contributed by atoms with Crippen molar-refractivity contribution in [1.82, 2.24) is 9.29 Å². The number of halogens is 5. The molecule has 11 heteroatoms. The highest BCUT2D eigenvalue weighted by molar-refractivity contribution is 9.11. The van der Waals surface area contributed by atoms with Crippen molar-refractivity contribution in [2.24, 2.45) is 0 Å². The Morgan fingerprint density at radius 2 is 1.88 bits per heavy atom. The van der Waals surface area contributed by atoms with Crippen LogP contribution in [0.4, 0.5) is 17.6 Å². The molecule has 1 aromatic heterocycles. The maximum Gasteiger partial charge on any atom is 0.409 e. The van der Waals surface area contributed by atoms with E-state index in [1.165, 1.54) is 13.1 Å². The predicted octanol–water partition coefficient (Wildman–Crippen LogP) is 4.36. The summed E-state index contributed by atoms with van der Waals surface area (Å²) in [4.78, 5) is 3.64. The molecule has 4 nitrogen and oxygen atoms in total. The lowest BCUT2D eigenvalue weighted by molar-refractivity contribution is -0.173. The summed E-state index contributed by atoms with van der Waals surface area (Å²) in [5.74, 6) is -0.713. The van der Waals surface area contributed by atoms with Gasteiger partial charge >= 0.3 is 6.18 Å². The first-order valence-electron chi connectivity index (χ1n) is 6.52. The number of hydrogen-bond acceptors (Lipinski definition) is 4. The number of benzene rings is 1. The number of rotatable bonds is 5. The summed E-state index contributed by atoms with van der Waals surface area (Å²) in [6, 6.07) is 1.12. The van der Waals surface area contributed by atoms with E-state index in [9.17, 15) is 26.0 Å². The van der Waals surface area contributed by atoms with Gasteiger partial charge in [0.05, 0.1) is 9.98 Å². The lowest BCUT2D eigenvalue weighted by Crippen LogP contribution is -2.42. The van der Waals surface area contributed by atoms with Gasteiger partial charge in [-0.25, -0.2) is 17.8 Å². The van der Waals surface area contributed by atoms with Crippen molar-refractivity contribution in [1.29, 1.82) is 0 Å². The first-order chi connectivity index (χ1) is 11.1. The van der Waals surface area contributed by atoms with Crippen LogP contribution < -0.4 is 0 Å². The fourth-order valence-corrected chi connectivity index (χ4v) is 5.60. The van der Waals surface area contributed by atoms with E-state index < -0.39 is 38.9 Å². The Bertz CT molecular complexity index is 806. The Labute approximate surface area is 148 Å². The lowest BCUT2D eigenvalue weighted by Gasteiger charge is -2.31. The smallest absolute Gasteiger partial charge is 0.231 e. The average Bonchev–Trinajstić information content (AvgIpc) is 2.92. The summed E-state index contributed by atoms with van der Waals surface area (Å²) < 4.78 is 79.1. The largest absolute Gasteiger partial charge is 0.409 e. The first kappa shape index (κ1) is 19.3. The summed E-state index contributed by atoms with van der Waals surface area (Å²) in [7, 11) is -4.47. The number of alkyl halides is 3. The average molecular weight is 447 g/mol. The van der Waals surface area contributed by atoms with Gasteiger partial charge in [-0.2, -0.15) is 17.5 Å². The van der Waals surface area contributed by atoms with Crippen LogP contribution in [0.25, 0.3) is 0 Å². The molecule has 0 bridgehead atoms. The van der Waals surface area contributed by atoms with Gasteiger partial charge in [-0.1, -0.05) is 30.4 Å². The molecule has 2 rings (SSSR count). The van der Waals surface area contributed by atoms with Crippen LogP contribution in [0, 0.1) is 5.82 Å². The number of hydrogen-bond donors (Lipinski definition) is 0. The van der Waals surface area contributed by atoms with E-state index in [-0.39, 0.29) is 5.56 Å². The number of thiazole rings is 1. The fourth-order valence-electron chi connectivity index (χ4n) is 2.11. The molecule has 1 heterocycles. The van der Waals surface area contributed by atoms with E-state index in [1.54, 1.807) is 0 Å². The summed E-state index contributed by atoms with van der Waals surface area (Å²) in [5.41, 5.74) is -0.370. The Kier molecular flexibility index (Phi) is 5.68. The minimum atomic E-state index is -4.88. The van der Waals surface area contributed by atoms with Crippen LogP contribution in [0.1, 0.15) is 18.5 Å². The molecule has 1 aromatic carbocycles. The van der Waals surface area contributed by atoms with Gasteiger partial charge < -0.3 is 0 Å². The number of sulfonamides is 1. The molecule has 0 saturated carbocycles. The van der Waals surface area contributed by atoms with E-state index >= 15 is 0 Å². The molecule has 1 atom stereocenters. The summed E-state index contributed by atoms with van der Waals surface area (Å²) in [6.07, 6.45) is -3.68. The summed E-state index contributed by atoms with van der Waals surface area (Å²) >= 11 is 3.75. The number of nitrogens with zero attached hydrogens (tertiary/aromatic N) is 2. The summed E-state index contributed by atoms with van der Waals surface area (Å²) in [5, 5.41) is 0. The fraction of sp³-hybridized carbons (Fsp3) is 0.308. The van der Waals surface area contributed by atoms with Crippen molar-refractivity contribution in [2.75, 3.05) is 6.54 Å². The zero-order chi connectivity index (χ0) is 18.1. The molecule has 2 aromatic rings. The molecule has 0 fully saturated rings. The molecule has 0 spiro atoms. The third kappa shape index (κ3) is 3.95. The van der Waals surface area contributed by atoms with E-state index in [2.05, 4.69) is 20.9 Å². The Hall–Kier alpha value is -1.04. The molecular formula is C13H11BrF4N2O2S2. The van der Waals surface area contributed by atoms with Crippen LogP contribution in [0.3, 0.4) is 0 Å². The highest BCUT2D eigenvalue weighted by Gasteiger charge is 2.49. The van der Waals surface area contributed by atoms with Gasteiger partial charge in [0.25, 0.3) is 10.0 Å². The highest BCUT2D eigenvalue weighted by atomic mass is 79.9. The van der Waals surface area contributed by atoms with E-state index in [1.807, 2.05) is 0 Å². The predicted molar refractivity (Wildman–Crippen MR) is 84.6 cm³/mol. The van der Waals surface area contributed by atoms with Crippen molar-refractivity contribution in [3.8, 4) is 0 Å². The molecule has 132 valence electrons. The van der Waals surface area contributed by atoms with Crippen LogP contribution in [-0.2, 0) is 10.0 Å². The molecule has 0 aliphatic carbocycles. The molecule has 0 aliphatic rings. The molecule has 0 N–H and O–H groups in total. The van der Waals surface area contributed by atoms with Crippen LogP contribution in [0.5, 0.6) is 0 Å². The maximum atomic E-state index is 13.6. The second-order valence-electron chi connectivity index (χ2n) is 4.63. The first-order valence-corrected chi connectivity index (χ1v) is 9.57. The Balaban J connectivity index is 2.56. The van der Waals surface area contributed by atoms with Gasteiger partial charge in [0.15, 0.2) is 0 Å². The molecule has 0 amide bonds. The van der Waals surface area contributed by atoms with Crippen molar-refractivity contribution < 1.29 is 26.0 Å². The van der Waals surface area contributed by atoms with E-state index in [4.69, 9.17) is 0 Å². The normalized spacial score (nSPS) is 14.1. The minimum absolute atomic E-state index is 0.311. The molecule has 0 radical (unpaired) electrons. The molecule has 0 saturated heterocycles. The van der Waals surface area contributed by atoms with Gasteiger partial charge in [0, 0.05) is 6.54 Å². The van der Waals surface area contributed by atoms with Crippen LogP contribution in [0.2, 0.25) is 0 Å². The maximum absolute atomic E-state index is 13.6. The van der Waals surface area contributed by atoms with E-state index in [0.29, 0.717) is 19.4 Å². The molecular weight excluding hydrogens is 436 g/mol. The van der Waals surface area contributed by atoms with Crippen molar-refractivity contribution in [3.05, 3.63) is 45.6 Å². The van der Waals surface area contributed by atoms with Crippen LogP contribution >= 0.6 is 27.3 Å². The van der Waals surface area contributed by atoms with Gasteiger partial charge in [-0.15, -0.1) is 0 Å². The number of aromatic nitrogens is 1. The molecule has 1 unspecified atom stereocenters. The van der Waals surface area contributed by atoms with Crippen LogP contribution in [-0.4, -0.2) is 30.4 Å². The van der Waals surface area contributed by atoms with Crippen LogP contribution in [0.15, 0.2) is 38.6 Å². The molecule has 24 heavy (non-hydrogen) atoms. The second kappa shape index (κ2) is 7.06. The van der Waals surface area contributed by atoms with Crippen molar-refractivity contribution in [2.45, 2.75) is 23.5 Å². The van der Waals surface area contributed by atoms with Crippen molar-refractivity contribution >= 4 is 37.3 Å². The van der Waals surface area contributed by atoms with E-state index in [0.717, 1.165) is 24.3 Å². The SMILES string of the molecule is CCN(C(c1ccc(F)cc1)C(F)(F)F)S(=O)(=O)c1ncc(Br)s1. The second-order valence-corrected chi connectivity index (χ2v) is 9.11. The highest BCUT2D eigenvalue weighted by Crippen LogP contribution is 2.41. The standard InChI is InChI=1S/C13H11BrF4N2O2S2/c1-2-20(24(21,22)12-19-7-10(14)23-12)11(13(16,17)18)8-3-5-9(15)6-4-8/h3-7,11H,2H2,1H3. The van der Waals surface area contributed by atoms with Gasteiger partial charge in [-0.3, -0.25) is 0 Å².